The molecule has 0 unspecified atom stereocenters. The van der Waals surface area contributed by atoms with Gasteiger partial charge in [-0.2, -0.15) is 0 Å². The van der Waals surface area contributed by atoms with Crippen molar-refractivity contribution in [3.63, 3.8) is 0 Å². The van der Waals surface area contributed by atoms with Crippen molar-refractivity contribution in [3.05, 3.63) is 41.4 Å². The van der Waals surface area contributed by atoms with Gasteiger partial charge in [0.15, 0.2) is 0 Å². The van der Waals surface area contributed by atoms with Crippen molar-refractivity contribution >= 4 is 11.6 Å². The molecular formula is C19H30ClNO. The summed E-state index contributed by atoms with van der Waals surface area (Å²) in [6.45, 7) is 12.0. The first-order valence-corrected chi connectivity index (χ1v) is 8.92. The Morgan fingerprint density at radius 3 is 2.50 bits per heavy atom. The lowest BCUT2D eigenvalue weighted by molar-refractivity contribution is 0.213. The van der Waals surface area contributed by atoms with Gasteiger partial charge in [-0.05, 0) is 56.1 Å². The summed E-state index contributed by atoms with van der Waals surface area (Å²) < 4.78 is 5.94. The van der Waals surface area contributed by atoms with Crippen LogP contribution in [-0.2, 0) is 6.42 Å². The van der Waals surface area contributed by atoms with Gasteiger partial charge in [0.05, 0.1) is 0 Å². The largest absolute Gasteiger partial charge is 0.492 e. The molecule has 0 radical (unpaired) electrons. The van der Waals surface area contributed by atoms with Gasteiger partial charge in [-0.15, -0.1) is 6.58 Å². The number of hydrogen-bond donors (Lipinski definition) is 0. The fourth-order valence-electron chi connectivity index (χ4n) is 2.65. The molecule has 0 N–H and O–H groups in total. The molecule has 1 aliphatic heterocycles. The molecule has 1 aromatic carbocycles. The van der Waals surface area contributed by atoms with Crippen LogP contribution >= 0.6 is 11.6 Å². The summed E-state index contributed by atoms with van der Waals surface area (Å²) in [6, 6.07) is 5.81. The monoisotopic (exact) mass is 323 g/mol. The number of likely N-dealkylation sites (tertiary alicyclic amines) is 1. The summed E-state index contributed by atoms with van der Waals surface area (Å²) in [4.78, 5) is 2.51. The zero-order chi connectivity index (χ0) is 16.2. The third kappa shape index (κ3) is 6.85. The summed E-state index contributed by atoms with van der Waals surface area (Å²) in [7, 11) is 0. The highest BCUT2D eigenvalue weighted by atomic mass is 35.5. The predicted molar refractivity (Wildman–Crippen MR) is 97.1 cm³/mol. The molecule has 3 heteroatoms. The third-order valence-electron chi connectivity index (χ3n) is 3.75. The van der Waals surface area contributed by atoms with Crippen LogP contribution in [0.2, 0.25) is 5.02 Å². The Balaban J connectivity index is 0.00000116. The molecule has 22 heavy (non-hydrogen) atoms. The summed E-state index contributed by atoms with van der Waals surface area (Å²) in [5.41, 5.74) is 1.11. The Morgan fingerprint density at radius 1 is 1.18 bits per heavy atom. The standard InChI is InChI=1S/C17H24ClNO.C2H6/c1-2-7-15-14-16(18)8-9-17(15)20-13-12-19-10-5-3-4-6-11-19;1-2/h2,8-9,14H,1,3-7,10-13H2;1-2H3. The van der Waals surface area contributed by atoms with E-state index in [4.69, 9.17) is 16.3 Å². The molecule has 0 spiro atoms. The summed E-state index contributed by atoms with van der Waals surface area (Å²) in [6.07, 6.45) is 8.06. The lowest BCUT2D eigenvalue weighted by Crippen LogP contribution is -2.29. The summed E-state index contributed by atoms with van der Waals surface area (Å²) in [5, 5.41) is 0.752. The molecule has 1 saturated heterocycles. The fraction of sp³-hybridized carbons (Fsp3) is 0.579. The second-order valence-corrected chi connectivity index (χ2v) is 5.79. The predicted octanol–water partition coefficient (Wildman–Crippen LogP) is 5.35. The molecule has 0 aliphatic carbocycles. The second kappa shape index (κ2) is 11.6. The lowest BCUT2D eigenvalue weighted by Gasteiger charge is -2.20. The van der Waals surface area contributed by atoms with E-state index in [-0.39, 0.29) is 0 Å². The first-order chi connectivity index (χ1) is 10.8. The van der Waals surface area contributed by atoms with Crippen LogP contribution in [0.1, 0.15) is 45.1 Å². The van der Waals surface area contributed by atoms with Crippen molar-refractivity contribution in [2.24, 2.45) is 0 Å². The number of rotatable bonds is 6. The van der Waals surface area contributed by atoms with E-state index < -0.39 is 0 Å². The van der Waals surface area contributed by atoms with Crippen molar-refractivity contribution in [1.29, 1.82) is 0 Å². The molecule has 2 rings (SSSR count). The molecule has 1 fully saturated rings. The SMILES string of the molecule is C=CCc1cc(Cl)ccc1OCCN1CCCCCC1.CC. The van der Waals surface area contributed by atoms with Crippen LogP contribution in [-0.4, -0.2) is 31.1 Å². The minimum atomic E-state index is 0.742. The molecule has 0 amide bonds. The quantitative estimate of drug-likeness (QED) is 0.654. The van der Waals surface area contributed by atoms with Crippen LogP contribution in [0.15, 0.2) is 30.9 Å². The molecule has 1 heterocycles. The van der Waals surface area contributed by atoms with Crippen LogP contribution in [0.3, 0.4) is 0 Å². The van der Waals surface area contributed by atoms with E-state index in [1.165, 1.54) is 38.8 Å². The molecule has 0 bridgehead atoms. The molecule has 0 saturated carbocycles. The Labute approximate surface area is 141 Å². The van der Waals surface area contributed by atoms with Crippen LogP contribution < -0.4 is 4.74 Å². The normalized spacial score (nSPS) is 15.4. The van der Waals surface area contributed by atoms with Gasteiger partial charge < -0.3 is 4.74 Å². The maximum Gasteiger partial charge on any atom is 0.122 e. The zero-order valence-electron chi connectivity index (χ0n) is 14.1. The van der Waals surface area contributed by atoms with E-state index in [0.717, 1.165) is 35.9 Å². The molecular weight excluding hydrogens is 294 g/mol. The lowest BCUT2D eigenvalue weighted by atomic mass is 10.1. The number of benzene rings is 1. The van der Waals surface area contributed by atoms with Crippen LogP contribution in [0, 0.1) is 0 Å². The van der Waals surface area contributed by atoms with E-state index in [1.54, 1.807) is 0 Å². The highest BCUT2D eigenvalue weighted by Crippen LogP contribution is 2.23. The first-order valence-electron chi connectivity index (χ1n) is 8.54. The number of nitrogens with zero attached hydrogens (tertiary/aromatic N) is 1. The van der Waals surface area contributed by atoms with Gasteiger partial charge in [0.2, 0.25) is 0 Å². The fourth-order valence-corrected chi connectivity index (χ4v) is 2.84. The smallest absolute Gasteiger partial charge is 0.122 e. The second-order valence-electron chi connectivity index (χ2n) is 5.35. The average molecular weight is 324 g/mol. The van der Waals surface area contributed by atoms with Crippen molar-refractivity contribution in [3.8, 4) is 5.75 Å². The van der Waals surface area contributed by atoms with Gasteiger partial charge >= 0.3 is 0 Å². The molecule has 1 aromatic rings. The van der Waals surface area contributed by atoms with E-state index in [2.05, 4.69) is 11.5 Å². The maximum atomic E-state index is 6.03. The number of allylic oxidation sites excluding steroid dienone is 1. The van der Waals surface area contributed by atoms with Crippen molar-refractivity contribution < 1.29 is 4.74 Å². The van der Waals surface area contributed by atoms with Crippen molar-refractivity contribution in [1.82, 2.24) is 4.90 Å². The molecule has 2 nitrogen and oxygen atoms in total. The number of ether oxygens (including phenoxy) is 1. The summed E-state index contributed by atoms with van der Waals surface area (Å²) in [5.74, 6) is 0.934. The van der Waals surface area contributed by atoms with E-state index in [0.29, 0.717) is 0 Å². The Bertz CT molecular complexity index is 425. The minimum absolute atomic E-state index is 0.742. The first kappa shape index (κ1) is 19.1. The Hall–Kier alpha value is -0.990. The molecule has 0 aromatic heterocycles. The number of hydrogen-bond acceptors (Lipinski definition) is 2. The van der Waals surface area contributed by atoms with Crippen molar-refractivity contribution in [2.75, 3.05) is 26.2 Å². The molecule has 1 aliphatic rings. The highest BCUT2D eigenvalue weighted by molar-refractivity contribution is 6.30. The van der Waals surface area contributed by atoms with Gasteiger partial charge in [-0.3, -0.25) is 4.90 Å². The van der Waals surface area contributed by atoms with Gasteiger partial charge in [-0.25, -0.2) is 0 Å². The Morgan fingerprint density at radius 2 is 1.86 bits per heavy atom. The van der Waals surface area contributed by atoms with Gasteiger partial charge in [0.25, 0.3) is 0 Å². The molecule has 0 atom stereocenters. The summed E-state index contributed by atoms with van der Waals surface area (Å²) >= 11 is 6.03. The van der Waals surface area contributed by atoms with Crippen LogP contribution in [0.5, 0.6) is 5.75 Å². The van der Waals surface area contributed by atoms with E-state index in [1.807, 2.05) is 38.1 Å². The molecule has 124 valence electrons. The maximum absolute atomic E-state index is 6.03. The van der Waals surface area contributed by atoms with Crippen LogP contribution in [0.4, 0.5) is 0 Å². The van der Waals surface area contributed by atoms with Crippen molar-refractivity contribution in [2.45, 2.75) is 46.0 Å². The van der Waals surface area contributed by atoms with E-state index >= 15 is 0 Å². The van der Waals surface area contributed by atoms with E-state index in [9.17, 15) is 0 Å². The van der Waals surface area contributed by atoms with Gasteiger partial charge in [0.1, 0.15) is 12.4 Å². The number of halogens is 1. The Kier molecular flexibility index (Phi) is 10.0. The van der Waals surface area contributed by atoms with Gasteiger partial charge in [-0.1, -0.05) is 44.4 Å². The highest BCUT2D eigenvalue weighted by Gasteiger charge is 2.09. The minimum Gasteiger partial charge on any atom is -0.492 e. The average Bonchev–Trinajstić information content (AvgIpc) is 2.80. The topological polar surface area (TPSA) is 12.5 Å². The van der Waals surface area contributed by atoms with Crippen LogP contribution in [0.25, 0.3) is 0 Å². The third-order valence-corrected chi connectivity index (χ3v) is 3.99. The van der Waals surface area contributed by atoms with Gasteiger partial charge in [0, 0.05) is 11.6 Å². The zero-order valence-corrected chi connectivity index (χ0v) is 14.9.